The van der Waals surface area contributed by atoms with Crippen molar-refractivity contribution in [2.75, 3.05) is 0 Å². The maximum Gasteiger partial charge on any atom is 0.348 e. The quantitative estimate of drug-likeness (QED) is 0.305. The number of hydrogen-bond acceptors (Lipinski definition) is 9. The minimum absolute atomic E-state index is 0.0378. The van der Waals surface area contributed by atoms with Gasteiger partial charge in [0.25, 0.3) is 0 Å². The summed E-state index contributed by atoms with van der Waals surface area (Å²) < 4.78 is 4.86. The van der Waals surface area contributed by atoms with Crippen LogP contribution in [0.4, 0.5) is 0 Å². The van der Waals surface area contributed by atoms with E-state index in [4.69, 9.17) is 4.74 Å². The molecule has 0 fully saturated rings. The molecule has 0 aliphatic heterocycles. The molecule has 0 spiro atoms. The number of aromatic nitrogens is 6. The Labute approximate surface area is 137 Å². The topological polar surface area (TPSA) is 145 Å². The molecule has 2 aromatic heterocycles. The molecule has 0 aliphatic rings. The minimum Gasteiger partial charge on any atom is -0.410 e. The van der Waals surface area contributed by atoms with E-state index in [0.717, 1.165) is 0 Å². The highest BCUT2D eigenvalue weighted by Gasteiger charge is 2.22. The van der Waals surface area contributed by atoms with Crippen LogP contribution in [0.5, 0.6) is 0 Å². The molecule has 0 saturated heterocycles. The number of benzene rings is 2. The van der Waals surface area contributed by atoms with Crippen LogP contribution in [0.25, 0.3) is 22.1 Å². The predicted molar refractivity (Wildman–Crippen MR) is 79.2 cm³/mol. The van der Waals surface area contributed by atoms with Crippen LogP contribution in [0.15, 0.2) is 36.4 Å². The zero-order valence-electron chi connectivity index (χ0n) is 12.3. The first-order valence-electron chi connectivity index (χ1n) is 6.90. The molecular weight excluding hydrogens is 332 g/mol. The summed E-state index contributed by atoms with van der Waals surface area (Å²) in [5, 5.41) is 33.1. The van der Waals surface area contributed by atoms with Crippen LogP contribution in [-0.4, -0.2) is 52.7 Å². The Hall–Kier alpha value is -4.02. The fraction of sp³-hybridized carbons (Fsp3) is 0. The van der Waals surface area contributed by atoms with Gasteiger partial charge >= 0.3 is 11.9 Å². The van der Waals surface area contributed by atoms with E-state index in [1.54, 1.807) is 0 Å². The van der Waals surface area contributed by atoms with Crippen LogP contribution in [0.3, 0.4) is 0 Å². The summed E-state index contributed by atoms with van der Waals surface area (Å²) in [4.78, 5) is 25.6. The number of nitrogens with zero attached hydrogens (tertiary/aromatic N) is 6. The second-order valence-electron chi connectivity index (χ2n) is 4.98. The van der Waals surface area contributed by atoms with Crippen molar-refractivity contribution in [3.8, 4) is 0 Å². The van der Waals surface area contributed by atoms with Crippen LogP contribution >= 0.6 is 0 Å². The summed E-state index contributed by atoms with van der Waals surface area (Å²) in [7, 11) is 0. The number of rotatable bonds is 2. The molecule has 0 saturated carbocycles. The predicted octanol–water partition coefficient (Wildman–Crippen LogP) is 0.648. The molecule has 0 atom stereocenters. The fourth-order valence-electron chi connectivity index (χ4n) is 2.39. The molecule has 4 aromatic rings. The summed E-state index contributed by atoms with van der Waals surface area (Å²) in [6.07, 6.45) is 0. The summed E-state index contributed by atoms with van der Waals surface area (Å²) in [6, 6.07) is 8.73. The lowest BCUT2D eigenvalue weighted by atomic mass is 10.1. The largest absolute Gasteiger partial charge is 0.410 e. The number of fused-ring (bicyclic) bond motifs is 2. The molecule has 0 bridgehead atoms. The van der Waals surface area contributed by atoms with Gasteiger partial charge in [0.2, 0.25) is 0 Å². The van der Waals surface area contributed by atoms with E-state index in [-0.39, 0.29) is 33.2 Å². The third kappa shape index (κ3) is 2.22. The lowest BCUT2D eigenvalue weighted by Crippen LogP contribution is -2.13. The molecule has 11 nitrogen and oxygen atoms in total. The summed E-state index contributed by atoms with van der Waals surface area (Å²) in [5.74, 6) is -1.94. The Morgan fingerprint density at radius 1 is 0.800 bits per heavy atom. The Bertz CT molecular complexity index is 1060. The number of ether oxygens (including phenoxy) is 1. The van der Waals surface area contributed by atoms with E-state index in [0.29, 0.717) is 9.69 Å². The molecule has 2 heterocycles. The van der Waals surface area contributed by atoms with Crippen LogP contribution in [0.1, 0.15) is 20.7 Å². The van der Waals surface area contributed by atoms with Gasteiger partial charge in [0, 0.05) is 0 Å². The lowest BCUT2D eigenvalue weighted by Gasteiger charge is -2.04. The lowest BCUT2D eigenvalue weighted by molar-refractivity contribution is 0.0400. The Kier molecular flexibility index (Phi) is 3.07. The van der Waals surface area contributed by atoms with Crippen LogP contribution in [0.2, 0.25) is 0 Å². The average Bonchev–Trinajstić information content (AvgIpc) is 3.18. The van der Waals surface area contributed by atoms with E-state index in [9.17, 15) is 20.0 Å². The zero-order chi connectivity index (χ0) is 17.6. The first kappa shape index (κ1) is 14.6. The normalized spacial score (nSPS) is 11.0. The van der Waals surface area contributed by atoms with Gasteiger partial charge < -0.3 is 15.2 Å². The zero-order valence-corrected chi connectivity index (χ0v) is 12.3. The minimum atomic E-state index is -0.968. The third-order valence-electron chi connectivity index (χ3n) is 3.54. The highest BCUT2D eigenvalue weighted by atomic mass is 16.6. The summed E-state index contributed by atoms with van der Waals surface area (Å²) in [6.45, 7) is 0. The van der Waals surface area contributed by atoms with E-state index >= 15 is 0 Å². The van der Waals surface area contributed by atoms with Crippen LogP contribution in [-0.2, 0) is 4.74 Å². The van der Waals surface area contributed by atoms with Crippen molar-refractivity contribution in [3.63, 3.8) is 0 Å². The van der Waals surface area contributed by atoms with Gasteiger partial charge in [0.05, 0.1) is 11.1 Å². The maximum atomic E-state index is 12.3. The van der Waals surface area contributed by atoms with Crippen molar-refractivity contribution in [3.05, 3.63) is 47.5 Å². The molecule has 0 aliphatic carbocycles. The SMILES string of the molecule is O=C(OC(=O)c1cccc2c1nnn2O)c1cccc2c1nnn2O. The van der Waals surface area contributed by atoms with E-state index in [1.807, 2.05) is 0 Å². The van der Waals surface area contributed by atoms with Crippen molar-refractivity contribution in [2.24, 2.45) is 0 Å². The smallest absolute Gasteiger partial charge is 0.348 e. The molecule has 0 radical (unpaired) electrons. The number of carbonyl (C=O) groups excluding carboxylic acids is 2. The summed E-state index contributed by atoms with van der Waals surface area (Å²) >= 11 is 0. The van der Waals surface area contributed by atoms with Gasteiger partial charge in [0.1, 0.15) is 22.1 Å². The van der Waals surface area contributed by atoms with Crippen LogP contribution in [0, 0.1) is 0 Å². The molecule has 2 N–H and O–H groups in total. The van der Waals surface area contributed by atoms with Crippen molar-refractivity contribution in [1.82, 2.24) is 30.3 Å². The molecule has 25 heavy (non-hydrogen) atoms. The molecule has 0 unspecified atom stereocenters. The van der Waals surface area contributed by atoms with Gasteiger partial charge in [-0.1, -0.05) is 21.8 Å². The van der Waals surface area contributed by atoms with Crippen molar-refractivity contribution in [2.45, 2.75) is 0 Å². The molecule has 4 rings (SSSR count). The Balaban J connectivity index is 1.69. The second kappa shape index (κ2) is 5.26. The van der Waals surface area contributed by atoms with Crippen molar-refractivity contribution < 1.29 is 24.7 Å². The number of esters is 2. The second-order valence-corrected chi connectivity index (χ2v) is 4.98. The monoisotopic (exact) mass is 340 g/mol. The number of hydrogen-bond donors (Lipinski definition) is 2. The van der Waals surface area contributed by atoms with Crippen molar-refractivity contribution >= 4 is 34.0 Å². The van der Waals surface area contributed by atoms with E-state index in [2.05, 4.69) is 20.6 Å². The van der Waals surface area contributed by atoms with Gasteiger partial charge in [0.15, 0.2) is 0 Å². The van der Waals surface area contributed by atoms with Gasteiger partial charge in [-0.05, 0) is 34.7 Å². The average molecular weight is 340 g/mol. The third-order valence-corrected chi connectivity index (χ3v) is 3.54. The molecule has 124 valence electrons. The molecule has 2 aromatic carbocycles. The van der Waals surface area contributed by atoms with Gasteiger partial charge in [-0.25, -0.2) is 9.59 Å². The first-order chi connectivity index (χ1) is 12.1. The highest BCUT2D eigenvalue weighted by Crippen LogP contribution is 2.19. The Morgan fingerprint density at radius 2 is 1.24 bits per heavy atom. The molecule has 11 heteroatoms. The number of carbonyl (C=O) groups is 2. The molecule has 0 amide bonds. The standard InChI is InChI=1S/C14H8N6O5/c21-13(7-3-1-5-9-11(7)15-17-19(9)23)25-14(22)8-4-2-6-10-12(8)16-18-20(10)24/h1-6,23-24H. The van der Waals surface area contributed by atoms with Gasteiger partial charge in [-0.15, -0.1) is 10.2 Å². The summed E-state index contributed by atoms with van der Waals surface area (Å²) in [5.41, 5.74) is 0.470. The van der Waals surface area contributed by atoms with E-state index < -0.39 is 11.9 Å². The van der Waals surface area contributed by atoms with Gasteiger partial charge in [-0.2, -0.15) is 0 Å². The van der Waals surface area contributed by atoms with E-state index in [1.165, 1.54) is 36.4 Å². The highest BCUT2D eigenvalue weighted by molar-refractivity contribution is 6.11. The fourth-order valence-corrected chi connectivity index (χ4v) is 2.39. The van der Waals surface area contributed by atoms with Gasteiger partial charge in [-0.3, -0.25) is 0 Å². The first-order valence-corrected chi connectivity index (χ1v) is 6.90. The van der Waals surface area contributed by atoms with Crippen LogP contribution < -0.4 is 0 Å². The maximum absolute atomic E-state index is 12.3. The Morgan fingerprint density at radius 3 is 1.68 bits per heavy atom. The van der Waals surface area contributed by atoms with Crippen molar-refractivity contribution in [1.29, 1.82) is 0 Å². The molecular formula is C14H8N6O5.